The molecule has 1 aliphatic rings. The summed E-state index contributed by atoms with van der Waals surface area (Å²) in [5, 5.41) is 7.27. The Labute approximate surface area is 99.5 Å². The number of carbonyl (C=O) groups excluding carboxylic acids is 1. The molecule has 2 rings (SSSR count). The molecule has 0 spiro atoms. The highest BCUT2D eigenvalue weighted by Crippen LogP contribution is 2.13. The van der Waals surface area contributed by atoms with Crippen molar-refractivity contribution in [3.63, 3.8) is 0 Å². The fourth-order valence-corrected chi connectivity index (χ4v) is 2.62. The maximum Gasteiger partial charge on any atom is 0.224 e. The Hall–Kier alpha value is -0.940. The summed E-state index contributed by atoms with van der Waals surface area (Å²) < 4.78 is 0. The van der Waals surface area contributed by atoms with E-state index in [1.54, 1.807) is 11.3 Å². The molecular formula is C11H17N3OS. The standard InChI is InChI=1S/C11H17N3OS/c1-8-13-6-10(16-8)7-14-11(15)9-3-2-4-12-5-9/h6,9,12H,2-5,7H2,1H3,(H,14,15). The monoisotopic (exact) mass is 239 g/mol. The molecule has 1 atom stereocenters. The lowest BCUT2D eigenvalue weighted by molar-refractivity contribution is -0.125. The molecule has 2 N–H and O–H groups in total. The molecule has 1 saturated heterocycles. The van der Waals surface area contributed by atoms with Crippen LogP contribution in [0.2, 0.25) is 0 Å². The zero-order chi connectivity index (χ0) is 11.4. The Morgan fingerprint density at radius 2 is 2.62 bits per heavy atom. The lowest BCUT2D eigenvalue weighted by atomic mass is 9.99. The summed E-state index contributed by atoms with van der Waals surface area (Å²) in [6.07, 6.45) is 3.93. The van der Waals surface area contributed by atoms with Crippen LogP contribution in [0, 0.1) is 12.8 Å². The van der Waals surface area contributed by atoms with E-state index in [-0.39, 0.29) is 11.8 Å². The van der Waals surface area contributed by atoms with Crippen LogP contribution in [0.25, 0.3) is 0 Å². The van der Waals surface area contributed by atoms with Crippen molar-refractivity contribution >= 4 is 17.2 Å². The third-order valence-corrected chi connectivity index (χ3v) is 3.69. The van der Waals surface area contributed by atoms with Gasteiger partial charge in [-0.15, -0.1) is 11.3 Å². The van der Waals surface area contributed by atoms with Gasteiger partial charge in [-0.1, -0.05) is 0 Å². The number of nitrogens with zero attached hydrogens (tertiary/aromatic N) is 1. The number of nitrogens with one attached hydrogen (secondary N) is 2. The SMILES string of the molecule is Cc1ncc(CNC(=O)C2CCCNC2)s1. The molecule has 1 fully saturated rings. The van der Waals surface area contributed by atoms with Crippen molar-refractivity contribution in [3.8, 4) is 0 Å². The predicted molar refractivity (Wildman–Crippen MR) is 64.3 cm³/mol. The number of amides is 1. The van der Waals surface area contributed by atoms with E-state index in [9.17, 15) is 4.79 Å². The number of aryl methyl sites for hydroxylation is 1. The predicted octanol–water partition coefficient (Wildman–Crippen LogP) is 1.07. The van der Waals surface area contributed by atoms with Crippen LogP contribution < -0.4 is 10.6 Å². The van der Waals surface area contributed by atoms with Crippen molar-refractivity contribution in [3.05, 3.63) is 16.1 Å². The van der Waals surface area contributed by atoms with Gasteiger partial charge in [-0.3, -0.25) is 4.79 Å². The first kappa shape index (κ1) is 11.5. The van der Waals surface area contributed by atoms with Crippen molar-refractivity contribution in [2.24, 2.45) is 5.92 Å². The molecule has 88 valence electrons. The summed E-state index contributed by atoms with van der Waals surface area (Å²) in [5.41, 5.74) is 0. The number of carbonyl (C=O) groups is 1. The molecule has 5 heteroatoms. The lowest BCUT2D eigenvalue weighted by Crippen LogP contribution is -2.40. The summed E-state index contributed by atoms with van der Waals surface area (Å²) in [6, 6.07) is 0. The van der Waals surface area contributed by atoms with E-state index in [0.717, 1.165) is 35.8 Å². The number of thiazole rings is 1. The summed E-state index contributed by atoms with van der Waals surface area (Å²) >= 11 is 1.63. The number of hydrogen-bond donors (Lipinski definition) is 2. The molecule has 1 unspecified atom stereocenters. The van der Waals surface area contributed by atoms with Crippen molar-refractivity contribution in [2.45, 2.75) is 26.3 Å². The van der Waals surface area contributed by atoms with E-state index < -0.39 is 0 Å². The molecule has 1 aromatic heterocycles. The summed E-state index contributed by atoms with van der Waals surface area (Å²) in [4.78, 5) is 17.1. The average molecular weight is 239 g/mol. The van der Waals surface area contributed by atoms with E-state index >= 15 is 0 Å². The fraction of sp³-hybridized carbons (Fsp3) is 0.636. The van der Waals surface area contributed by atoms with Crippen LogP contribution in [-0.4, -0.2) is 24.0 Å². The van der Waals surface area contributed by atoms with E-state index in [1.165, 1.54) is 0 Å². The third-order valence-electron chi connectivity index (χ3n) is 2.77. The Morgan fingerprint density at radius 1 is 1.75 bits per heavy atom. The minimum Gasteiger partial charge on any atom is -0.351 e. The minimum absolute atomic E-state index is 0.141. The highest BCUT2D eigenvalue weighted by atomic mass is 32.1. The van der Waals surface area contributed by atoms with Crippen LogP contribution >= 0.6 is 11.3 Å². The van der Waals surface area contributed by atoms with E-state index in [1.807, 2.05) is 13.1 Å². The van der Waals surface area contributed by atoms with E-state index in [0.29, 0.717) is 6.54 Å². The molecule has 1 amide bonds. The van der Waals surface area contributed by atoms with Crippen LogP contribution in [0.3, 0.4) is 0 Å². The van der Waals surface area contributed by atoms with Gasteiger partial charge in [0.25, 0.3) is 0 Å². The molecular weight excluding hydrogens is 222 g/mol. The summed E-state index contributed by atoms with van der Waals surface area (Å²) in [6.45, 7) is 4.44. The van der Waals surface area contributed by atoms with Gasteiger partial charge in [0.2, 0.25) is 5.91 Å². The third kappa shape index (κ3) is 3.02. The van der Waals surface area contributed by atoms with Crippen LogP contribution in [0.1, 0.15) is 22.7 Å². The van der Waals surface area contributed by atoms with Gasteiger partial charge in [0.1, 0.15) is 0 Å². The fourth-order valence-electron chi connectivity index (χ4n) is 1.88. The molecule has 16 heavy (non-hydrogen) atoms. The topological polar surface area (TPSA) is 54.0 Å². The maximum atomic E-state index is 11.8. The quantitative estimate of drug-likeness (QED) is 0.829. The molecule has 0 bridgehead atoms. The Kier molecular flexibility index (Phi) is 3.90. The van der Waals surface area contributed by atoms with Crippen LogP contribution in [0.15, 0.2) is 6.20 Å². The summed E-state index contributed by atoms with van der Waals surface area (Å²) in [5.74, 6) is 0.307. The average Bonchev–Trinajstić information content (AvgIpc) is 2.73. The van der Waals surface area contributed by atoms with Gasteiger partial charge >= 0.3 is 0 Å². The van der Waals surface area contributed by atoms with Crippen LogP contribution in [0.5, 0.6) is 0 Å². The Bertz CT molecular complexity index is 358. The van der Waals surface area contributed by atoms with Gasteiger partial charge in [0.05, 0.1) is 17.5 Å². The lowest BCUT2D eigenvalue weighted by Gasteiger charge is -2.21. The van der Waals surface area contributed by atoms with Crippen molar-refractivity contribution in [1.82, 2.24) is 15.6 Å². The first-order valence-electron chi connectivity index (χ1n) is 5.65. The molecule has 1 aliphatic heterocycles. The molecule has 0 aliphatic carbocycles. The van der Waals surface area contributed by atoms with Crippen molar-refractivity contribution in [1.29, 1.82) is 0 Å². The first-order chi connectivity index (χ1) is 7.75. The largest absolute Gasteiger partial charge is 0.351 e. The molecule has 2 heterocycles. The van der Waals surface area contributed by atoms with E-state index in [2.05, 4.69) is 15.6 Å². The Morgan fingerprint density at radius 3 is 3.25 bits per heavy atom. The van der Waals surface area contributed by atoms with Crippen molar-refractivity contribution in [2.75, 3.05) is 13.1 Å². The van der Waals surface area contributed by atoms with Gasteiger partial charge in [-0.2, -0.15) is 0 Å². The number of aromatic nitrogens is 1. The van der Waals surface area contributed by atoms with Gasteiger partial charge in [-0.05, 0) is 26.3 Å². The number of piperidine rings is 1. The molecule has 4 nitrogen and oxygen atoms in total. The second-order valence-corrected chi connectivity index (χ2v) is 5.43. The highest BCUT2D eigenvalue weighted by Gasteiger charge is 2.20. The highest BCUT2D eigenvalue weighted by molar-refractivity contribution is 7.11. The minimum atomic E-state index is 0.141. The van der Waals surface area contributed by atoms with Crippen molar-refractivity contribution < 1.29 is 4.79 Å². The normalized spacial score (nSPS) is 20.7. The zero-order valence-corrected chi connectivity index (χ0v) is 10.3. The van der Waals surface area contributed by atoms with Gasteiger partial charge < -0.3 is 10.6 Å². The second-order valence-electron chi connectivity index (χ2n) is 4.11. The Balaban J connectivity index is 1.78. The first-order valence-corrected chi connectivity index (χ1v) is 6.47. The smallest absolute Gasteiger partial charge is 0.224 e. The number of rotatable bonds is 3. The molecule has 1 aromatic rings. The zero-order valence-electron chi connectivity index (χ0n) is 9.45. The van der Waals surface area contributed by atoms with Gasteiger partial charge in [0.15, 0.2) is 0 Å². The maximum absolute atomic E-state index is 11.8. The van der Waals surface area contributed by atoms with Gasteiger partial charge in [0, 0.05) is 17.6 Å². The van der Waals surface area contributed by atoms with Crippen LogP contribution in [-0.2, 0) is 11.3 Å². The van der Waals surface area contributed by atoms with Crippen LogP contribution in [0.4, 0.5) is 0 Å². The molecule has 0 radical (unpaired) electrons. The molecule has 0 aromatic carbocycles. The molecule has 0 saturated carbocycles. The number of hydrogen-bond acceptors (Lipinski definition) is 4. The second kappa shape index (κ2) is 5.41. The summed E-state index contributed by atoms with van der Waals surface area (Å²) in [7, 11) is 0. The van der Waals surface area contributed by atoms with E-state index in [4.69, 9.17) is 0 Å². The van der Waals surface area contributed by atoms with Gasteiger partial charge in [-0.25, -0.2) is 4.98 Å².